The molecule has 2 rings (SSSR count). The predicted octanol–water partition coefficient (Wildman–Crippen LogP) is 2.43. The van der Waals surface area contributed by atoms with E-state index in [2.05, 4.69) is 5.32 Å². The standard InChI is InChI=1S/C13H17ClN2OS.ClH/c14-12-3-1-2-11(8-12)9-18-10-13(17)16-6-4-15-5-7-16;/h1-3,8,15H,4-7,9-10H2;1H. The van der Waals surface area contributed by atoms with Crippen LogP contribution in [-0.2, 0) is 10.5 Å². The van der Waals surface area contributed by atoms with Crippen LogP contribution >= 0.6 is 35.8 Å². The van der Waals surface area contributed by atoms with Crippen LogP contribution in [0.4, 0.5) is 0 Å². The van der Waals surface area contributed by atoms with Gasteiger partial charge in [0.1, 0.15) is 0 Å². The van der Waals surface area contributed by atoms with Crippen molar-refractivity contribution >= 4 is 41.7 Å². The summed E-state index contributed by atoms with van der Waals surface area (Å²) in [5, 5.41) is 3.99. The van der Waals surface area contributed by atoms with Crippen LogP contribution < -0.4 is 5.32 Å². The molecule has 1 fully saturated rings. The molecule has 0 spiro atoms. The first kappa shape index (κ1) is 16.6. The van der Waals surface area contributed by atoms with Crippen LogP contribution in [0.3, 0.4) is 0 Å². The number of nitrogens with zero attached hydrogens (tertiary/aromatic N) is 1. The first-order valence-corrected chi connectivity index (χ1v) is 7.59. The molecule has 1 heterocycles. The van der Waals surface area contributed by atoms with Gasteiger partial charge in [-0.1, -0.05) is 23.7 Å². The van der Waals surface area contributed by atoms with Gasteiger partial charge in [0.15, 0.2) is 0 Å². The number of benzene rings is 1. The average Bonchev–Trinajstić information content (AvgIpc) is 2.40. The molecule has 1 amide bonds. The number of hydrogen-bond acceptors (Lipinski definition) is 3. The van der Waals surface area contributed by atoms with Crippen molar-refractivity contribution in [3.63, 3.8) is 0 Å². The molecule has 1 saturated heterocycles. The fraction of sp³-hybridized carbons (Fsp3) is 0.462. The van der Waals surface area contributed by atoms with Crippen molar-refractivity contribution in [1.29, 1.82) is 0 Å². The maximum Gasteiger partial charge on any atom is 0.232 e. The van der Waals surface area contributed by atoms with Gasteiger partial charge in [-0.25, -0.2) is 0 Å². The molecule has 6 heteroatoms. The Morgan fingerprint density at radius 1 is 1.37 bits per heavy atom. The van der Waals surface area contributed by atoms with E-state index in [0.717, 1.165) is 37.0 Å². The number of nitrogens with one attached hydrogen (secondary N) is 1. The zero-order valence-corrected chi connectivity index (χ0v) is 13.0. The summed E-state index contributed by atoms with van der Waals surface area (Å²) in [4.78, 5) is 13.8. The number of thioether (sulfide) groups is 1. The molecule has 0 aliphatic carbocycles. The Balaban J connectivity index is 0.00000180. The molecular formula is C13H18Cl2N2OS. The Morgan fingerprint density at radius 2 is 2.11 bits per heavy atom. The highest BCUT2D eigenvalue weighted by molar-refractivity contribution is 7.99. The number of rotatable bonds is 4. The Kier molecular flexibility index (Phi) is 7.61. The Labute approximate surface area is 129 Å². The third-order valence-corrected chi connectivity index (χ3v) is 4.08. The highest BCUT2D eigenvalue weighted by Gasteiger charge is 2.15. The molecule has 0 unspecified atom stereocenters. The third-order valence-electron chi connectivity index (χ3n) is 2.85. The zero-order valence-electron chi connectivity index (χ0n) is 10.6. The summed E-state index contributed by atoms with van der Waals surface area (Å²) in [7, 11) is 0. The van der Waals surface area contributed by atoms with E-state index in [1.54, 1.807) is 11.8 Å². The van der Waals surface area contributed by atoms with Crippen molar-refractivity contribution in [2.45, 2.75) is 5.75 Å². The van der Waals surface area contributed by atoms with Gasteiger partial charge >= 0.3 is 0 Å². The SMILES string of the molecule is Cl.O=C(CSCc1cccc(Cl)c1)N1CCNCC1. The third kappa shape index (κ3) is 5.61. The minimum atomic E-state index is 0. The van der Waals surface area contributed by atoms with Gasteiger partial charge < -0.3 is 10.2 Å². The van der Waals surface area contributed by atoms with Crippen LogP contribution in [-0.4, -0.2) is 42.7 Å². The molecule has 3 nitrogen and oxygen atoms in total. The first-order valence-electron chi connectivity index (χ1n) is 6.06. The zero-order chi connectivity index (χ0) is 12.8. The van der Waals surface area contributed by atoms with Gasteiger partial charge in [0.25, 0.3) is 0 Å². The predicted molar refractivity (Wildman–Crippen MR) is 84.3 cm³/mol. The lowest BCUT2D eigenvalue weighted by molar-refractivity contribution is -0.128. The molecular weight excluding hydrogens is 303 g/mol. The highest BCUT2D eigenvalue weighted by Crippen LogP contribution is 2.16. The van der Waals surface area contributed by atoms with E-state index >= 15 is 0 Å². The molecule has 0 saturated carbocycles. The molecule has 0 bridgehead atoms. The largest absolute Gasteiger partial charge is 0.339 e. The number of piperazine rings is 1. The van der Waals surface area contributed by atoms with Crippen molar-refractivity contribution in [1.82, 2.24) is 10.2 Å². The van der Waals surface area contributed by atoms with Crippen LogP contribution in [0, 0.1) is 0 Å². The van der Waals surface area contributed by atoms with Gasteiger partial charge in [-0.05, 0) is 17.7 Å². The monoisotopic (exact) mass is 320 g/mol. The Bertz CT molecular complexity index is 411. The minimum Gasteiger partial charge on any atom is -0.339 e. The summed E-state index contributed by atoms with van der Waals surface area (Å²) in [5.74, 6) is 1.62. The topological polar surface area (TPSA) is 32.3 Å². The first-order chi connectivity index (χ1) is 8.75. The summed E-state index contributed by atoms with van der Waals surface area (Å²) in [6, 6.07) is 7.79. The van der Waals surface area contributed by atoms with E-state index in [4.69, 9.17) is 11.6 Å². The summed E-state index contributed by atoms with van der Waals surface area (Å²) < 4.78 is 0. The van der Waals surface area contributed by atoms with Crippen LogP contribution in [0.15, 0.2) is 24.3 Å². The lowest BCUT2D eigenvalue weighted by atomic mass is 10.2. The summed E-state index contributed by atoms with van der Waals surface area (Å²) >= 11 is 7.56. The second-order valence-electron chi connectivity index (χ2n) is 4.25. The number of carbonyl (C=O) groups excluding carboxylic acids is 1. The molecule has 0 aromatic heterocycles. The maximum atomic E-state index is 11.9. The van der Waals surface area contributed by atoms with Crippen molar-refractivity contribution in [3.8, 4) is 0 Å². The normalized spacial score (nSPS) is 14.9. The van der Waals surface area contributed by atoms with Gasteiger partial charge in [0.05, 0.1) is 5.75 Å². The van der Waals surface area contributed by atoms with Crippen molar-refractivity contribution in [3.05, 3.63) is 34.9 Å². The lowest BCUT2D eigenvalue weighted by Gasteiger charge is -2.27. The van der Waals surface area contributed by atoms with Gasteiger partial charge in [0.2, 0.25) is 5.91 Å². The second kappa shape index (κ2) is 8.69. The van der Waals surface area contributed by atoms with Gasteiger partial charge in [0, 0.05) is 37.0 Å². The summed E-state index contributed by atoms with van der Waals surface area (Å²) in [6.45, 7) is 3.47. The molecule has 0 atom stereocenters. The Morgan fingerprint density at radius 3 is 2.79 bits per heavy atom. The average molecular weight is 321 g/mol. The van der Waals surface area contributed by atoms with E-state index < -0.39 is 0 Å². The number of amides is 1. The van der Waals surface area contributed by atoms with Crippen molar-refractivity contribution in [2.24, 2.45) is 0 Å². The second-order valence-corrected chi connectivity index (χ2v) is 5.68. The van der Waals surface area contributed by atoms with Crippen LogP contribution in [0.1, 0.15) is 5.56 Å². The molecule has 1 aromatic rings. The fourth-order valence-corrected chi connectivity index (χ4v) is 2.98. The van der Waals surface area contributed by atoms with Crippen LogP contribution in [0.5, 0.6) is 0 Å². The summed E-state index contributed by atoms with van der Waals surface area (Å²) in [5.41, 5.74) is 1.17. The summed E-state index contributed by atoms with van der Waals surface area (Å²) in [6.07, 6.45) is 0. The Hall–Kier alpha value is -0.420. The van der Waals surface area contributed by atoms with E-state index in [1.165, 1.54) is 5.56 Å². The number of halogens is 2. The highest BCUT2D eigenvalue weighted by atomic mass is 35.5. The van der Waals surface area contributed by atoms with E-state index in [0.29, 0.717) is 5.75 Å². The molecule has 1 aliphatic rings. The molecule has 0 radical (unpaired) electrons. The fourth-order valence-electron chi connectivity index (χ4n) is 1.89. The molecule has 19 heavy (non-hydrogen) atoms. The minimum absolute atomic E-state index is 0. The van der Waals surface area contributed by atoms with Gasteiger partial charge in [-0.3, -0.25) is 4.79 Å². The molecule has 1 aromatic carbocycles. The van der Waals surface area contributed by atoms with Gasteiger partial charge in [-0.15, -0.1) is 24.2 Å². The van der Waals surface area contributed by atoms with Crippen LogP contribution in [0.2, 0.25) is 5.02 Å². The lowest BCUT2D eigenvalue weighted by Crippen LogP contribution is -2.47. The quantitative estimate of drug-likeness (QED) is 0.924. The number of carbonyl (C=O) groups is 1. The molecule has 1 aliphatic heterocycles. The molecule has 106 valence electrons. The van der Waals surface area contributed by atoms with E-state index in [1.807, 2.05) is 29.2 Å². The van der Waals surface area contributed by atoms with Crippen LogP contribution in [0.25, 0.3) is 0 Å². The van der Waals surface area contributed by atoms with E-state index in [9.17, 15) is 4.79 Å². The van der Waals surface area contributed by atoms with Crippen molar-refractivity contribution in [2.75, 3.05) is 31.9 Å². The smallest absolute Gasteiger partial charge is 0.232 e. The molecule has 1 N–H and O–H groups in total. The van der Waals surface area contributed by atoms with Gasteiger partial charge in [-0.2, -0.15) is 0 Å². The number of hydrogen-bond donors (Lipinski definition) is 1. The van der Waals surface area contributed by atoms with Crippen molar-refractivity contribution < 1.29 is 4.79 Å². The van der Waals surface area contributed by atoms with E-state index in [-0.39, 0.29) is 18.3 Å². The maximum absolute atomic E-state index is 11.9.